The average molecular weight is 294 g/mol. The number of hydrogen-bond donors (Lipinski definition) is 1. The van der Waals surface area contributed by atoms with Crippen molar-refractivity contribution < 1.29 is 0 Å². The molecule has 0 atom stereocenters. The van der Waals surface area contributed by atoms with Gasteiger partial charge in [-0.2, -0.15) is 5.10 Å². The van der Waals surface area contributed by atoms with Gasteiger partial charge in [0.25, 0.3) is 0 Å². The Balaban J connectivity index is 1.97. The fraction of sp³-hybridized carbons (Fsp3) is 0.308. The monoisotopic (exact) mass is 293 g/mol. The van der Waals surface area contributed by atoms with Crippen LogP contribution in [-0.4, -0.2) is 9.78 Å². The van der Waals surface area contributed by atoms with Gasteiger partial charge in [-0.25, -0.2) is 0 Å². The quantitative estimate of drug-likeness (QED) is 0.928. The van der Waals surface area contributed by atoms with Crippen LogP contribution in [0.4, 0.5) is 5.69 Å². The molecule has 0 aliphatic heterocycles. The van der Waals surface area contributed by atoms with Crippen LogP contribution in [0.25, 0.3) is 0 Å². The second-order valence-corrected chi connectivity index (χ2v) is 5.20. The smallest absolute Gasteiger partial charge is 0.0539 e. The first kappa shape index (κ1) is 12.2. The number of aromatic nitrogens is 2. The van der Waals surface area contributed by atoms with Crippen LogP contribution in [-0.2, 0) is 6.54 Å². The van der Waals surface area contributed by atoms with E-state index in [-0.39, 0.29) is 0 Å². The predicted octanol–water partition coefficient (Wildman–Crippen LogP) is 3.84. The van der Waals surface area contributed by atoms with E-state index in [2.05, 4.69) is 58.5 Å². The maximum absolute atomic E-state index is 4.31. The van der Waals surface area contributed by atoms with Crippen molar-refractivity contribution in [3.8, 4) is 0 Å². The number of nitrogens with one attached hydrogen (secondary N) is 1. The van der Waals surface area contributed by atoms with Crippen LogP contribution in [0.1, 0.15) is 25.5 Å². The van der Waals surface area contributed by atoms with Gasteiger partial charge in [0.1, 0.15) is 0 Å². The molecule has 3 nitrogen and oxygen atoms in total. The molecule has 0 aliphatic carbocycles. The van der Waals surface area contributed by atoms with Crippen molar-refractivity contribution in [1.29, 1.82) is 0 Å². The number of benzene rings is 1. The summed E-state index contributed by atoms with van der Waals surface area (Å²) in [4.78, 5) is 0. The summed E-state index contributed by atoms with van der Waals surface area (Å²) < 4.78 is 3.05. The van der Waals surface area contributed by atoms with Gasteiger partial charge in [0, 0.05) is 34.5 Å². The summed E-state index contributed by atoms with van der Waals surface area (Å²) in [7, 11) is 0. The molecule has 4 heteroatoms. The molecule has 90 valence electrons. The van der Waals surface area contributed by atoms with Crippen LogP contribution < -0.4 is 5.32 Å². The minimum atomic E-state index is 0.412. The molecule has 0 amide bonds. The van der Waals surface area contributed by atoms with Gasteiger partial charge in [0.05, 0.1) is 6.20 Å². The van der Waals surface area contributed by atoms with E-state index in [1.54, 1.807) is 0 Å². The summed E-state index contributed by atoms with van der Waals surface area (Å²) in [6, 6.07) is 8.56. The summed E-state index contributed by atoms with van der Waals surface area (Å²) >= 11 is 3.46. The SMILES string of the molecule is CC(C)n1cc(CNc2cccc(Br)c2)cn1. The number of hydrogen-bond acceptors (Lipinski definition) is 2. The molecule has 0 unspecified atom stereocenters. The van der Waals surface area contributed by atoms with E-state index < -0.39 is 0 Å². The molecule has 2 aromatic rings. The Bertz CT molecular complexity index is 491. The maximum atomic E-state index is 4.31. The third-order valence-electron chi connectivity index (χ3n) is 2.51. The molecular weight excluding hydrogens is 278 g/mol. The van der Waals surface area contributed by atoms with Gasteiger partial charge >= 0.3 is 0 Å². The number of rotatable bonds is 4. The highest BCUT2D eigenvalue weighted by molar-refractivity contribution is 9.10. The second-order valence-electron chi connectivity index (χ2n) is 4.29. The van der Waals surface area contributed by atoms with Gasteiger partial charge in [-0.1, -0.05) is 22.0 Å². The van der Waals surface area contributed by atoms with Crippen molar-refractivity contribution in [2.24, 2.45) is 0 Å². The normalized spacial score (nSPS) is 10.8. The molecule has 0 saturated carbocycles. The van der Waals surface area contributed by atoms with E-state index in [9.17, 15) is 0 Å². The van der Waals surface area contributed by atoms with Gasteiger partial charge in [-0.05, 0) is 32.0 Å². The fourth-order valence-electron chi connectivity index (χ4n) is 1.55. The first-order valence-corrected chi connectivity index (χ1v) is 6.47. The van der Waals surface area contributed by atoms with E-state index in [4.69, 9.17) is 0 Å². The Kier molecular flexibility index (Phi) is 3.84. The van der Waals surface area contributed by atoms with Gasteiger partial charge in [-0.15, -0.1) is 0 Å². The Hall–Kier alpha value is -1.29. The molecule has 0 bridgehead atoms. The molecule has 1 aromatic carbocycles. The summed E-state index contributed by atoms with van der Waals surface area (Å²) in [5, 5.41) is 7.68. The topological polar surface area (TPSA) is 29.9 Å². The highest BCUT2D eigenvalue weighted by Crippen LogP contribution is 2.16. The zero-order valence-electron chi connectivity index (χ0n) is 10.0. The highest BCUT2D eigenvalue weighted by Gasteiger charge is 2.01. The Labute approximate surface area is 110 Å². The lowest BCUT2D eigenvalue weighted by atomic mass is 10.3. The average Bonchev–Trinajstić information content (AvgIpc) is 2.75. The van der Waals surface area contributed by atoms with E-state index in [0.717, 1.165) is 16.7 Å². The zero-order valence-corrected chi connectivity index (χ0v) is 11.6. The molecule has 0 fully saturated rings. The van der Waals surface area contributed by atoms with Crippen molar-refractivity contribution in [1.82, 2.24) is 9.78 Å². The van der Waals surface area contributed by atoms with Gasteiger partial charge in [-0.3, -0.25) is 4.68 Å². The molecule has 17 heavy (non-hydrogen) atoms. The lowest BCUT2D eigenvalue weighted by Crippen LogP contribution is -2.01. The van der Waals surface area contributed by atoms with E-state index in [1.165, 1.54) is 5.56 Å². The van der Waals surface area contributed by atoms with E-state index in [0.29, 0.717) is 6.04 Å². The van der Waals surface area contributed by atoms with Gasteiger partial charge in [0.15, 0.2) is 0 Å². The molecule has 2 rings (SSSR count). The van der Waals surface area contributed by atoms with Crippen LogP contribution in [0.15, 0.2) is 41.1 Å². The van der Waals surface area contributed by atoms with E-state index >= 15 is 0 Å². The Morgan fingerprint density at radius 2 is 2.24 bits per heavy atom. The van der Waals surface area contributed by atoms with Crippen molar-refractivity contribution >= 4 is 21.6 Å². The molecule has 1 aromatic heterocycles. The van der Waals surface area contributed by atoms with Crippen LogP contribution in [0.5, 0.6) is 0 Å². The molecule has 0 spiro atoms. The molecular formula is C13H16BrN3. The van der Waals surface area contributed by atoms with Crippen LogP contribution in [0.3, 0.4) is 0 Å². The van der Waals surface area contributed by atoms with Crippen LogP contribution >= 0.6 is 15.9 Å². The second kappa shape index (κ2) is 5.36. The fourth-order valence-corrected chi connectivity index (χ4v) is 1.95. The van der Waals surface area contributed by atoms with Crippen molar-refractivity contribution in [3.63, 3.8) is 0 Å². The Morgan fingerprint density at radius 1 is 1.41 bits per heavy atom. The first-order chi connectivity index (χ1) is 8.15. The molecule has 0 aliphatic rings. The minimum Gasteiger partial charge on any atom is -0.381 e. The maximum Gasteiger partial charge on any atom is 0.0539 e. The minimum absolute atomic E-state index is 0.412. The van der Waals surface area contributed by atoms with Crippen molar-refractivity contribution in [2.75, 3.05) is 5.32 Å². The molecule has 0 saturated heterocycles. The predicted molar refractivity (Wildman–Crippen MR) is 74.1 cm³/mol. The standard InChI is InChI=1S/C13H16BrN3/c1-10(2)17-9-11(8-16-17)7-15-13-5-3-4-12(14)6-13/h3-6,8-10,15H,7H2,1-2H3. The largest absolute Gasteiger partial charge is 0.381 e. The van der Waals surface area contributed by atoms with Crippen LogP contribution in [0.2, 0.25) is 0 Å². The molecule has 1 heterocycles. The summed E-state index contributed by atoms with van der Waals surface area (Å²) in [5.41, 5.74) is 2.30. The van der Waals surface area contributed by atoms with Gasteiger partial charge in [0.2, 0.25) is 0 Å². The number of halogens is 1. The number of nitrogens with zero attached hydrogens (tertiary/aromatic N) is 2. The Morgan fingerprint density at radius 3 is 2.88 bits per heavy atom. The lowest BCUT2D eigenvalue weighted by molar-refractivity contribution is 0.532. The van der Waals surface area contributed by atoms with Crippen LogP contribution in [0, 0.1) is 0 Å². The highest BCUT2D eigenvalue weighted by atomic mass is 79.9. The van der Waals surface area contributed by atoms with Gasteiger partial charge < -0.3 is 5.32 Å². The molecule has 1 N–H and O–H groups in total. The third kappa shape index (κ3) is 3.33. The molecule has 0 radical (unpaired) electrons. The summed E-state index contributed by atoms with van der Waals surface area (Å²) in [5.74, 6) is 0. The van der Waals surface area contributed by atoms with Crippen molar-refractivity contribution in [2.45, 2.75) is 26.4 Å². The lowest BCUT2D eigenvalue weighted by Gasteiger charge is -2.05. The number of anilines is 1. The van der Waals surface area contributed by atoms with E-state index in [1.807, 2.05) is 23.0 Å². The summed E-state index contributed by atoms with van der Waals surface area (Å²) in [6.45, 7) is 5.04. The first-order valence-electron chi connectivity index (χ1n) is 5.67. The zero-order chi connectivity index (χ0) is 12.3. The summed E-state index contributed by atoms with van der Waals surface area (Å²) in [6.07, 6.45) is 3.99. The third-order valence-corrected chi connectivity index (χ3v) is 3.00. The van der Waals surface area contributed by atoms with Crippen molar-refractivity contribution in [3.05, 3.63) is 46.7 Å².